The van der Waals surface area contributed by atoms with Crippen LogP contribution < -0.4 is 0 Å². The first kappa shape index (κ1) is 25.0. The zero-order valence-corrected chi connectivity index (χ0v) is 20.3. The average molecular weight is 514 g/mol. The number of nitrogens with zero attached hydrogens (tertiary/aromatic N) is 8. The highest BCUT2D eigenvalue weighted by molar-refractivity contribution is 5.94. The maximum Gasteiger partial charge on any atom is 0.256 e. The molecule has 4 aromatic rings. The van der Waals surface area contributed by atoms with Crippen LogP contribution in [0.4, 0.5) is 4.39 Å². The van der Waals surface area contributed by atoms with E-state index in [0.29, 0.717) is 19.6 Å². The van der Waals surface area contributed by atoms with Crippen molar-refractivity contribution in [3.8, 4) is 23.4 Å². The number of hydrogen-bond acceptors (Lipinski definition) is 8. The van der Waals surface area contributed by atoms with Crippen LogP contribution in [0.3, 0.4) is 0 Å². The van der Waals surface area contributed by atoms with Crippen molar-refractivity contribution in [2.75, 3.05) is 32.8 Å². The van der Waals surface area contributed by atoms with Crippen molar-refractivity contribution < 1.29 is 14.3 Å². The van der Waals surface area contributed by atoms with Gasteiger partial charge >= 0.3 is 0 Å². The molecule has 3 aromatic heterocycles. The number of aliphatic hydroxyl groups is 1. The minimum absolute atomic E-state index is 0.109. The van der Waals surface area contributed by atoms with Gasteiger partial charge in [0, 0.05) is 49.5 Å². The lowest BCUT2D eigenvalue weighted by atomic mass is 10.1. The summed E-state index contributed by atoms with van der Waals surface area (Å²) in [6.07, 6.45) is 7.01. The van der Waals surface area contributed by atoms with Crippen LogP contribution in [0.25, 0.3) is 22.3 Å². The molecule has 1 aliphatic rings. The molecule has 0 radical (unpaired) electrons. The van der Waals surface area contributed by atoms with Crippen LogP contribution in [0.15, 0.2) is 49.2 Å². The van der Waals surface area contributed by atoms with Crippen LogP contribution in [-0.2, 0) is 0 Å². The number of H-pyrrole nitrogens is 1. The summed E-state index contributed by atoms with van der Waals surface area (Å²) in [5.74, 6) is -1.24. The Balaban J connectivity index is 1.31. The summed E-state index contributed by atoms with van der Waals surface area (Å²) >= 11 is 0. The lowest BCUT2D eigenvalue weighted by Gasteiger charge is -2.41. The van der Waals surface area contributed by atoms with Gasteiger partial charge in [0.05, 0.1) is 60.3 Å². The molecule has 0 bridgehead atoms. The van der Waals surface area contributed by atoms with Gasteiger partial charge in [-0.2, -0.15) is 15.6 Å². The number of halogens is 1. The summed E-state index contributed by atoms with van der Waals surface area (Å²) in [5.41, 5.74) is 2.27. The molecule has 1 aromatic carbocycles. The first-order valence-corrected chi connectivity index (χ1v) is 12.1. The van der Waals surface area contributed by atoms with Gasteiger partial charge in [-0.05, 0) is 24.3 Å². The van der Waals surface area contributed by atoms with E-state index in [1.807, 2.05) is 23.2 Å². The maximum atomic E-state index is 14.4. The fraction of sp³-hybridized carbons (Fsp3) is 0.308. The molecule has 1 fully saturated rings. The fourth-order valence-electron chi connectivity index (χ4n) is 4.80. The number of carbonyl (C=O) groups is 1. The molecule has 0 spiro atoms. The topological polar surface area (TPSA) is 151 Å². The Morgan fingerprint density at radius 1 is 1.26 bits per heavy atom. The van der Waals surface area contributed by atoms with E-state index in [1.165, 1.54) is 23.4 Å². The van der Waals surface area contributed by atoms with Gasteiger partial charge in [-0.25, -0.2) is 14.4 Å². The second-order valence-corrected chi connectivity index (χ2v) is 9.08. The molecule has 5 rings (SSSR count). The van der Waals surface area contributed by atoms with Crippen molar-refractivity contribution in [1.29, 1.82) is 10.5 Å². The highest BCUT2D eigenvalue weighted by Gasteiger charge is 2.32. The fourth-order valence-corrected chi connectivity index (χ4v) is 4.80. The number of benzene rings is 1. The molecule has 12 heteroatoms. The number of aromatic amines is 1. The van der Waals surface area contributed by atoms with Crippen molar-refractivity contribution in [1.82, 2.24) is 34.5 Å². The predicted molar refractivity (Wildman–Crippen MR) is 134 cm³/mol. The highest BCUT2D eigenvalue weighted by atomic mass is 19.1. The first-order valence-electron chi connectivity index (χ1n) is 12.1. The van der Waals surface area contributed by atoms with Crippen molar-refractivity contribution in [2.24, 2.45) is 0 Å². The third-order valence-corrected chi connectivity index (χ3v) is 6.81. The minimum Gasteiger partial charge on any atom is -0.395 e. The summed E-state index contributed by atoms with van der Waals surface area (Å²) in [6, 6.07) is 9.03. The third-order valence-electron chi connectivity index (χ3n) is 6.81. The Kier molecular flexibility index (Phi) is 7.09. The quantitative estimate of drug-likeness (QED) is 0.381. The van der Waals surface area contributed by atoms with Gasteiger partial charge in [-0.15, -0.1) is 0 Å². The van der Waals surface area contributed by atoms with Crippen LogP contribution in [0.5, 0.6) is 0 Å². The number of fused-ring (bicyclic) bond motifs is 1. The zero-order valence-electron chi connectivity index (χ0n) is 20.3. The Labute approximate surface area is 217 Å². The molecule has 11 nitrogen and oxygen atoms in total. The van der Waals surface area contributed by atoms with E-state index in [1.54, 1.807) is 17.1 Å². The average Bonchev–Trinajstić information content (AvgIpc) is 3.62. The lowest BCUT2D eigenvalue weighted by Crippen LogP contribution is -2.57. The zero-order chi connectivity index (χ0) is 26.6. The van der Waals surface area contributed by atoms with E-state index in [0.717, 1.165) is 28.4 Å². The molecule has 0 saturated carbocycles. The summed E-state index contributed by atoms with van der Waals surface area (Å²) in [5, 5.41) is 33.9. The van der Waals surface area contributed by atoms with E-state index in [2.05, 4.69) is 26.1 Å². The Hall–Kier alpha value is -4.65. The molecule has 2 N–H and O–H groups in total. The number of nitrogens with one attached hydrogen (secondary N) is 1. The maximum absolute atomic E-state index is 14.4. The van der Waals surface area contributed by atoms with E-state index < -0.39 is 17.8 Å². The number of aliphatic hydroxyl groups excluding tert-OH is 1. The molecule has 2 atom stereocenters. The highest BCUT2D eigenvalue weighted by Crippen LogP contribution is 2.26. The lowest BCUT2D eigenvalue weighted by molar-refractivity contribution is 0.0262. The van der Waals surface area contributed by atoms with Crippen LogP contribution in [-0.4, -0.2) is 84.4 Å². The van der Waals surface area contributed by atoms with Gasteiger partial charge in [0.1, 0.15) is 17.8 Å². The molecule has 38 heavy (non-hydrogen) atoms. The summed E-state index contributed by atoms with van der Waals surface area (Å²) < 4.78 is 16.2. The van der Waals surface area contributed by atoms with Gasteiger partial charge in [-0.3, -0.25) is 14.4 Å². The van der Waals surface area contributed by atoms with E-state index in [4.69, 9.17) is 5.26 Å². The number of carbonyl (C=O) groups excluding carboxylic acids is 1. The van der Waals surface area contributed by atoms with Gasteiger partial charge in [0.15, 0.2) is 0 Å². The second kappa shape index (κ2) is 10.8. The summed E-state index contributed by atoms with van der Waals surface area (Å²) in [6.45, 7) is 1.17. The Bertz CT molecular complexity index is 1550. The normalized spacial score (nSPS) is 16.7. The van der Waals surface area contributed by atoms with Gasteiger partial charge < -0.3 is 15.0 Å². The molecule has 2 unspecified atom stereocenters. The third kappa shape index (κ3) is 4.83. The van der Waals surface area contributed by atoms with Crippen molar-refractivity contribution in [3.05, 3.63) is 66.1 Å². The van der Waals surface area contributed by atoms with Crippen LogP contribution >= 0.6 is 0 Å². The number of rotatable bonds is 7. The number of piperazine rings is 1. The molecule has 0 aliphatic carbocycles. The minimum atomic E-state index is -0.749. The van der Waals surface area contributed by atoms with Crippen LogP contribution in [0, 0.1) is 28.5 Å². The number of nitriles is 2. The summed E-state index contributed by atoms with van der Waals surface area (Å²) in [4.78, 5) is 28.2. The Morgan fingerprint density at radius 2 is 2.13 bits per heavy atom. The molecule has 192 valence electrons. The molecular formula is C26H24FN9O2. The molecule has 1 saturated heterocycles. The molecular weight excluding hydrogens is 489 g/mol. The van der Waals surface area contributed by atoms with Gasteiger partial charge in [-0.1, -0.05) is 0 Å². The van der Waals surface area contributed by atoms with Gasteiger partial charge in [0.2, 0.25) is 0 Å². The number of aromatic nitrogens is 5. The first-order chi connectivity index (χ1) is 18.5. The van der Waals surface area contributed by atoms with Crippen LogP contribution in [0.1, 0.15) is 28.4 Å². The van der Waals surface area contributed by atoms with Crippen LogP contribution in [0.2, 0.25) is 0 Å². The molecule has 1 amide bonds. The van der Waals surface area contributed by atoms with E-state index in [9.17, 15) is 19.6 Å². The summed E-state index contributed by atoms with van der Waals surface area (Å²) in [7, 11) is 0. The van der Waals surface area contributed by atoms with Crippen molar-refractivity contribution in [2.45, 2.75) is 18.5 Å². The van der Waals surface area contributed by atoms with Crippen molar-refractivity contribution in [3.63, 3.8) is 0 Å². The second-order valence-electron chi connectivity index (χ2n) is 9.08. The molecule has 1 aliphatic heterocycles. The number of amides is 1. The Morgan fingerprint density at radius 3 is 2.89 bits per heavy atom. The van der Waals surface area contributed by atoms with Crippen molar-refractivity contribution >= 4 is 16.9 Å². The number of hydrogen-bond donors (Lipinski definition) is 2. The van der Waals surface area contributed by atoms with E-state index >= 15 is 0 Å². The standard InChI is InChI=1S/C26H24FN9O2/c27-23-9-17(10-29)1-2-21(23)26(38)35-8-7-34(20(14-35)15-37)13-19(3-5-28)36-12-18(11-33-36)24-22-4-6-30-25(22)32-16-31-24/h1-2,4,6,9,11-12,16,19-20,37H,3,7-8,13-15H2,(H,30,31,32). The van der Waals surface area contributed by atoms with E-state index in [-0.39, 0.29) is 36.7 Å². The SMILES string of the molecule is N#CCC(CN1CCN(C(=O)c2ccc(C#N)cc2F)CC1CO)n1cc(-c2ncnc3[nH]ccc23)cn1. The molecule has 4 heterocycles. The predicted octanol–water partition coefficient (Wildman–Crippen LogP) is 2.11. The van der Waals surface area contributed by atoms with Gasteiger partial charge in [0.25, 0.3) is 5.91 Å². The monoisotopic (exact) mass is 513 g/mol. The largest absolute Gasteiger partial charge is 0.395 e. The smallest absolute Gasteiger partial charge is 0.256 e.